The molecule has 1 saturated heterocycles. The number of hydrogen-bond donors (Lipinski definition) is 4. The summed E-state index contributed by atoms with van der Waals surface area (Å²) in [7, 11) is 0. The van der Waals surface area contributed by atoms with E-state index in [-0.39, 0.29) is 25.5 Å². The van der Waals surface area contributed by atoms with Crippen LogP contribution in [-0.2, 0) is 4.79 Å². The molecule has 0 aromatic heterocycles. The average Bonchev–Trinajstić information content (AvgIpc) is 2.31. The molecule has 0 spiro atoms. The second kappa shape index (κ2) is 6.55. The van der Waals surface area contributed by atoms with Crippen molar-refractivity contribution >= 4 is 12.0 Å². The molecule has 1 aliphatic rings. The van der Waals surface area contributed by atoms with Crippen LogP contribution in [0.1, 0.15) is 19.8 Å². The third-order valence-corrected chi connectivity index (χ3v) is 3.22. The van der Waals surface area contributed by atoms with Gasteiger partial charge in [0, 0.05) is 26.1 Å². The summed E-state index contributed by atoms with van der Waals surface area (Å²) in [5.74, 6) is -1.04. The zero-order chi connectivity index (χ0) is 13.7. The molecule has 1 aliphatic heterocycles. The Balaban J connectivity index is 2.51. The molecule has 0 aromatic carbocycles. The summed E-state index contributed by atoms with van der Waals surface area (Å²) in [5.41, 5.74) is 0. The number of amides is 2. The van der Waals surface area contributed by atoms with Gasteiger partial charge >= 0.3 is 12.0 Å². The topological polar surface area (TPSA) is 110 Å². The Labute approximate surface area is 105 Å². The average molecular weight is 260 g/mol. The van der Waals surface area contributed by atoms with Crippen LogP contribution in [-0.4, -0.2) is 64.1 Å². The minimum atomic E-state index is -1.18. The van der Waals surface area contributed by atoms with Crippen molar-refractivity contribution in [3.63, 3.8) is 0 Å². The molecule has 2 amide bonds. The Hall–Kier alpha value is -1.34. The van der Waals surface area contributed by atoms with E-state index in [0.717, 1.165) is 0 Å². The molecule has 3 atom stereocenters. The molecule has 7 nitrogen and oxygen atoms in total. The lowest BCUT2D eigenvalue weighted by molar-refractivity contribution is -0.139. The van der Waals surface area contributed by atoms with Gasteiger partial charge < -0.3 is 25.5 Å². The van der Waals surface area contributed by atoms with Crippen molar-refractivity contribution in [2.75, 3.05) is 19.7 Å². The molecule has 1 fully saturated rings. The van der Waals surface area contributed by atoms with Gasteiger partial charge in [-0.2, -0.15) is 0 Å². The Bertz CT molecular complexity index is 310. The van der Waals surface area contributed by atoms with Gasteiger partial charge in [0.25, 0.3) is 0 Å². The number of hydrogen-bond acceptors (Lipinski definition) is 4. The molecule has 0 bridgehead atoms. The summed E-state index contributed by atoms with van der Waals surface area (Å²) in [6.07, 6.45) is 0.0748. The van der Waals surface area contributed by atoms with Gasteiger partial charge in [-0.15, -0.1) is 0 Å². The van der Waals surface area contributed by atoms with Crippen LogP contribution in [0.5, 0.6) is 0 Å². The van der Waals surface area contributed by atoms with Gasteiger partial charge in [-0.1, -0.05) is 6.92 Å². The number of carboxylic acids is 1. The second-order valence-electron chi connectivity index (χ2n) is 4.63. The van der Waals surface area contributed by atoms with E-state index < -0.39 is 24.1 Å². The number of piperidine rings is 1. The number of carbonyl (C=O) groups is 2. The summed E-state index contributed by atoms with van der Waals surface area (Å²) in [5, 5.41) is 29.6. The van der Waals surface area contributed by atoms with Crippen LogP contribution >= 0.6 is 0 Å². The molecular formula is C11H20N2O5. The first kappa shape index (κ1) is 14.7. The first-order valence-electron chi connectivity index (χ1n) is 6.03. The second-order valence-corrected chi connectivity index (χ2v) is 4.63. The molecule has 0 aliphatic carbocycles. The van der Waals surface area contributed by atoms with Crippen LogP contribution in [0.25, 0.3) is 0 Å². The predicted octanol–water partition coefficient (Wildman–Crippen LogP) is -0.766. The standard InChI is InChI=1S/C11H20N2O5/c1-7-2-4-13(6-9(7)15)11(18)12-8(3-5-14)10(16)17/h7-9,14-15H,2-6H2,1H3,(H,12,18)(H,16,17)/t7?,8-,9?/m1/s1. The Morgan fingerprint density at radius 3 is 2.67 bits per heavy atom. The highest BCUT2D eigenvalue weighted by atomic mass is 16.4. The normalized spacial score (nSPS) is 25.6. The lowest BCUT2D eigenvalue weighted by Crippen LogP contribution is -2.53. The van der Waals surface area contributed by atoms with Crippen molar-refractivity contribution in [3.8, 4) is 0 Å². The highest BCUT2D eigenvalue weighted by Crippen LogP contribution is 2.16. The quantitative estimate of drug-likeness (QED) is 0.531. The Morgan fingerprint density at radius 2 is 2.17 bits per heavy atom. The van der Waals surface area contributed by atoms with Crippen LogP contribution in [0.15, 0.2) is 0 Å². The summed E-state index contributed by atoms with van der Waals surface area (Å²) in [6, 6.07) is -1.61. The lowest BCUT2D eigenvalue weighted by Gasteiger charge is -2.34. The zero-order valence-electron chi connectivity index (χ0n) is 10.4. The number of aliphatic hydroxyl groups is 2. The number of nitrogens with one attached hydrogen (secondary N) is 1. The first-order valence-corrected chi connectivity index (χ1v) is 6.03. The molecule has 0 saturated carbocycles. The molecule has 4 N–H and O–H groups in total. The van der Waals surface area contributed by atoms with Crippen LogP contribution in [0.2, 0.25) is 0 Å². The van der Waals surface area contributed by atoms with E-state index in [1.54, 1.807) is 0 Å². The van der Waals surface area contributed by atoms with Crippen LogP contribution < -0.4 is 5.32 Å². The molecule has 7 heteroatoms. The maximum Gasteiger partial charge on any atom is 0.326 e. The van der Waals surface area contributed by atoms with Crippen LogP contribution in [0.4, 0.5) is 4.79 Å². The fourth-order valence-electron chi connectivity index (χ4n) is 1.86. The fourth-order valence-corrected chi connectivity index (χ4v) is 1.86. The number of carbonyl (C=O) groups excluding carboxylic acids is 1. The van der Waals surface area contributed by atoms with Crippen molar-refractivity contribution in [2.24, 2.45) is 5.92 Å². The maximum atomic E-state index is 11.8. The van der Waals surface area contributed by atoms with Crippen molar-refractivity contribution in [2.45, 2.75) is 31.9 Å². The molecule has 1 rings (SSSR count). The summed E-state index contributed by atoms with van der Waals surface area (Å²) >= 11 is 0. The van der Waals surface area contributed by atoms with Crippen molar-refractivity contribution in [3.05, 3.63) is 0 Å². The molecule has 1 heterocycles. The fraction of sp³-hybridized carbons (Fsp3) is 0.818. The number of nitrogens with zero attached hydrogens (tertiary/aromatic N) is 1. The number of urea groups is 1. The predicted molar refractivity (Wildman–Crippen MR) is 63.0 cm³/mol. The van der Waals surface area contributed by atoms with E-state index in [4.69, 9.17) is 10.2 Å². The highest BCUT2D eigenvalue weighted by Gasteiger charge is 2.29. The first-order chi connectivity index (χ1) is 8.45. The van der Waals surface area contributed by atoms with Crippen molar-refractivity contribution < 1.29 is 24.9 Å². The van der Waals surface area contributed by atoms with Gasteiger partial charge in [0.05, 0.1) is 6.10 Å². The zero-order valence-corrected chi connectivity index (χ0v) is 10.4. The molecular weight excluding hydrogens is 240 g/mol. The number of aliphatic hydroxyl groups excluding tert-OH is 2. The maximum absolute atomic E-state index is 11.8. The molecule has 18 heavy (non-hydrogen) atoms. The summed E-state index contributed by atoms with van der Waals surface area (Å²) in [4.78, 5) is 24.0. The van der Waals surface area contributed by atoms with E-state index in [0.29, 0.717) is 13.0 Å². The number of carboxylic acid groups (broad SMARTS) is 1. The van der Waals surface area contributed by atoms with E-state index in [1.807, 2.05) is 6.92 Å². The number of rotatable bonds is 4. The minimum Gasteiger partial charge on any atom is -0.480 e. The number of likely N-dealkylation sites (tertiary alicyclic amines) is 1. The van der Waals surface area contributed by atoms with E-state index >= 15 is 0 Å². The third kappa shape index (κ3) is 3.85. The van der Waals surface area contributed by atoms with Gasteiger partial charge in [-0.05, 0) is 12.3 Å². The Kier molecular flexibility index (Phi) is 5.36. The Morgan fingerprint density at radius 1 is 1.50 bits per heavy atom. The largest absolute Gasteiger partial charge is 0.480 e. The number of aliphatic carboxylic acids is 1. The summed E-state index contributed by atoms with van der Waals surface area (Å²) < 4.78 is 0. The third-order valence-electron chi connectivity index (χ3n) is 3.22. The van der Waals surface area contributed by atoms with E-state index in [2.05, 4.69) is 5.32 Å². The van der Waals surface area contributed by atoms with Crippen LogP contribution in [0.3, 0.4) is 0 Å². The van der Waals surface area contributed by atoms with Gasteiger partial charge in [0.2, 0.25) is 0 Å². The number of β-amino-alcohol motifs (C(OH)–C–C–N with tert-alkyl or cyclic N) is 1. The minimum absolute atomic E-state index is 0.0339. The monoisotopic (exact) mass is 260 g/mol. The smallest absolute Gasteiger partial charge is 0.326 e. The highest BCUT2D eigenvalue weighted by molar-refractivity contribution is 5.82. The van der Waals surface area contributed by atoms with Gasteiger partial charge in [-0.3, -0.25) is 0 Å². The SMILES string of the molecule is CC1CCN(C(=O)N[C@H](CCO)C(=O)O)CC1O. The molecule has 0 aromatic rings. The molecule has 0 radical (unpaired) electrons. The molecule has 104 valence electrons. The van der Waals surface area contributed by atoms with Crippen molar-refractivity contribution in [1.82, 2.24) is 10.2 Å². The van der Waals surface area contributed by atoms with Gasteiger partial charge in [0.15, 0.2) is 0 Å². The summed E-state index contributed by atoms with van der Waals surface area (Å²) in [6.45, 7) is 2.30. The van der Waals surface area contributed by atoms with Gasteiger partial charge in [-0.25, -0.2) is 9.59 Å². The van der Waals surface area contributed by atoms with Gasteiger partial charge in [0.1, 0.15) is 6.04 Å². The van der Waals surface area contributed by atoms with E-state index in [9.17, 15) is 14.7 Å². The van der Waals surface area contributed by atoms with Crippen LogP contribution in [0, 0.1) is 5.92 Å². The molecule has 2 unspecified atom stereocenters. The lowest BCUT2D eigenvalue weighted by atomic mass is 9.96. The van der Waals surface area contributed by atoms with E-state index in [1.165, 1.54) is 4.90 Å². The van der Waals surface area contributed by atoms with Crippen molar-refractivity contribution in [1.29, 1.82) is 0 Å².